The lowest BCUT2D eigenvalue weighted by Gasteiger charge is -2.40. The minimum absolute atomic E-state index is 0.590. The summed E-state index contributed by atoms with van der Waals surface area (Å²) >= 11 is 0. The Morgan fingerprint density at radius 3 is 1.44 bits per heavy atom. The molecule has 1 aliphatic heterocycles. The molecular formula is C51H33N5Si. The van der Waals surface area contributed by atoms with Crippen LogP contribution < -0.4 is 20.7 Å². The number of para-hydroxylation sites is 4. The highest BCUT2D eigenvalue weighted by Gasteiger charge is 2.48. The van der Waals surface area contributed by atoms with E-state index in [1.54, 1.807) is 0 Å². The standard InChI is InChI=1S/C51H33N5Si/c1-4-18-34(19-5-1)49-52-50(54-51(53-49)56-43-28-14-10-24-38(43)39-25-11-15-29-44(39)56)35-32-41-40-26-12-13-27-42(40)55-45-30-16-17-31-46(45)57(47(33-35)48(41)55,36-20-6-2-7-21-36)37-22-8-3-9-23-37/h1-33H. The molecule has 0 atom stereocenters. The molecule has 8 aromatic carbocycles. The molecule has 0 aliphatic carbocycles. The summed E-state index contributed by atoms with van der Waals surface area (Å²) in [5.74, 6) is 1.86. The van der Waals surface area contributed by atoms with Crippen LogP contribution in [0.3, 0.4) is 0 Å². The first-order valence-electron chi connectivity index (χ1n) is 19.4. The number of benzene rings is 8. The summed E-state index contributed by atoms with van der Waals surface area (Å²) in [4.78, 5) is 16.0. The van der Waals surface area contributed by atoms with Gasteiger partial charge >= 0.3 is 0 Å². The summed E-state index contributed by atoms with van der Waals surface area (Å²) in [6.07, 6.45) is 0. The van der Waals surface area contributed by atoms with Crippen molar-refractivity contribution < 1.29 is 0 Å². The number of hydrogen-bond donors (Lipinski definition) is 0. The van der Waals surface area contributed by atoms with Crippen molar-refractivity contribution in [1.29, 1.82) is 0 Å². The van der Waals surface area contributed by atoms with E-state index in [4.69, 9.17) is 15.0 Å². The van der Waals surface area contributed by atoms with Crippen LogP contribution in [0.2, 0.25) is 0 Å². The fourth-order valence-corrected chi connectivity index (χ4v) is 14.7. The van der Waals surface area contributed by atoms with Gasteiger partial charge in [-0.25, -0.2) is 4.98 Å². The Labute approximate surface area is 329 Å². The highest BCUT2D eigenvalue weighted by atomic mass is 28.3. The SMILES string of the molecule is c1ccc(-c2nc(-c3cc4c5c(c3)c3ccccc3n5-c3ccccc3[Si]4(c3ccccc3)c3ccccc3)nc(-n3c4ccccc4c4ccccc43)n2)cc1. The van der Waals surface area contributed by atoms with Gasteiger partial charge in [-0.15, -0.1) is 0 Å². The highest BCUT2D eigenvalue weighted by Crippen LogP contribution is 2.38. The van der Waals surface area contributed by atoms with Crippen LogP contribution in [0.25, 0.3) is 78.0 Å². The summed E-state index contributed by atoms with van der Waals surface area (Å²) in [6.45, 7) is 0. The van der Waals surface area contributed by atoms with Crippen LogP contribution in [-0.2, 0) is 0 Å². The van der Waals surface area contributed by atoms with Crippen LogP contribution in [0.4, 0.5) is 0 Å². The van der Waals surface area contributed by atoms with Gasteiger partial charge in [0.25, 0.3) is 0 Å². The van der Waals surface area contributed by atoms with E-state index < -0.39 is 8.07 Å². The third-order valence-corrected chi connectivity index (χ3v) is 16.6. The maximum atomic E-state index is 5.45. The zero-order valence-corrected chi connectivity index (χ0v) is 31.8. The fraction of sp³-hybridized carbons (Fsp3) is 0. The van der Waals surface area contributed by atoms with Gasteiger partial charge < -0.3 is 4.57 Å². The molecule has 1 aliphatic rings. The van der Waals surface area contributed by atoms with Crippen LogP contribution in [0, 0.1) is 0 Å². The van der Waals surface area contributed by atoms with Crippen LogP contribution in [0.5, 0.6) is 0 Å². The van der Waals surface area contributed by atoms with Gasteiger partial charge in [0.1, 0.15) is 0 Å². The molecule has 0 bridgehead atoms. The van der Waals surface area contributed by atoms with Crippen molar-refractivity contribution in [3.05, 3.63) is 200 Å². The zero-order chi connectivity index (χ0) is 37.5. The maximum Gasteiger partial charge on any atom is 0.238 e. The van der Waals surface area contributed by atoms with Crippen molar-refractivity contribution in [3.63, 3.8) is 0 Å². The van der Waals surface area contributed by atoms with Gasteiger partial charge in [-0.1, -0.05) is 164 Å². The van der Waals surface area contributed by atoms with E-state index >= 15 is 0 Å². The van der Waals surface area contributed by atoms with Crippen molar-refractivity contribution in [1.82, 2.24) is 24.1 Å². The Morgan fingerprint density at radius 2 is 0.825 bits per heavy atom. The van der Waals surface area contributed by atoms with Gasteiger partial charge in [-0.2, -0.15) is 9.97 Å². The Morgan fingerprint density at radius 1 is 0.351 bits per heavy atom. The third-order valence-electron chi connectivity index (χ3n) is 11.8. The van der Waals surface area contributed by atoms with Crippen LogP contribution >= 0.6 is 0 Å². The second kappa shape index (κ2) is 12.3. The van der Waals surface area contributed by atoms with Crippen LogP contribution in [0.1, 0.15) is 0 Å². The second-order valence-electron chi connectivity index (χ2n) is 14.8. The first kappa shape index (κ1) is 31.9. The maximum absolute atomic E-state index is 5.45. The number of fused-ring (bicyclic) bond motifs is 8. The Kier molecular flexibility index (Phi) is 6.88. The summed E-state index contributed by atoms with van der Waals surface area (Å²) in [7, 11) is -2.95. The molecule has 0 spiro atoms. The van der Waals surface area contributed by atoms with E-state index in [-0.39, 0.29) is 0 Å². The van der Waals surface area contributed by atoms with E-state index in [0.717, 1.165) is 32.9 Å². The summed E-state index contributed by atoms with van der Waals surface area (Å²) < 4.78 is 4.70. The quantitative estimate of drug-likeness (QED) is 0.165. The Bertz CT molecular complexity index is 3260. The van der Waals surface area contributed by atoms with E-state index in [2.05, 4.69) is 191 Å². The topological polar surface area (TPSA) is 48.5 Å². The fourth-order valence-electron chi connectivity index (χ4n) is 9.51. The molecule has 0 unspecified atom stereocenters. The lowest BCUT2D eigenvalue weighted by Crippen LogP contribution is -2.76. The van der Waals surface area contributed by atoms with E-state index in [9.17, 15) is 0 Å². The molecule has 4 heterocycles. The van der Waals surface area contributed by atoms with Crippen LogP contribution in [-0.4, -0.2) is 32.2 Å². The average Bonchev–Trinajstić information content (AvgIpc) is 3.81. The number of aromatic nitrogens is 5. The molecule has 57 heavy (non-hydrogen) atoms. The van der Waals surface area contributed by atoms with Crippen LogP contribution in [0.15, 0.2) is 200 Å². The van der Waals surface area contributed by atoms with E-state index in [1.165, 1.54) is 48.2 Å². The monoisotopic (exact) mass is 743 g/mol. The van der Waals surface area contributed by atoms with Crippen molar-refractivity contribution in [3.8, 4) is 34.4 Å². The van der Waals surface area contributed by atoms with Crippen molar-refractivity contribution in [2.24, 2.45) is 0 Å². The molecule has 0 saturated heterocycles. The minimum Gasteiger partial charge on any atom is -0.309 e. The summed E-state index contributed by atoms with van der Waals surface area (Å²) in [6, 6.07) is 72.3. The van der Waals surface area contributed by atoms with Gasteiger partial charge in [0.2, 0.25) is 5.95 Å². The number of rotatable bonds is 5. The van der Waals surface area contributed by atoms with Gasteiger partial charge in [-0.05, 0) is 57.1 Å². The first-order chi connectivity index (χ1) is 28.3. The predicted molar refractivity (Wildman–Crippen MR) is 237 cm³/mol. The molecule has 3 aromatic heterocycles. The largest absolute Gasteiger partial charge is 0.309 e. The Hall–Kier alpha value is -7.41. The zero-order valence-electron chi connectivity index (χ0n) is 30.8. The summed E-state index contributed by atoms with van der Waals surface area (Å²) in [5.41, 5.74) is 7.69. The molecule has 12 rings (SSSR count). The molecule has 266 valence electrons. The number of nitrogens with zero attached hydrogens (tertiary/aromatic N) is 5. The molecule has 11 aromatic rings. The number of hydrogen-bond acceptors (Lipinski definition) is 3. The molecule has 0 radical (unpaired) electrons. The van der Waals surface area contributed by atoms with E-state index in [1.807, 2.05) is 18.2 Å². The van der Waals surface area contributed by atoms with Gasteiger partial charge in [0, 0.05) is 38.4 Å². The Balaban J connectivity index is 1.24. The second-order valence-corrected chi connectivity index (χ2v) is 18.5. The van der Waals surface area contributed by atoms with Crippen molar-refractivity contribution >= 4 is 72.4 Å². The molecule has 0 fully saturated rings. The smallest absolute Gasteiger partial charge is 0.238 e. The minimum atomic E-state index is -2.95. The van der Waals surface area contributed by atoms with Crippen molar-refractivity contribution in [2.75, 3.05) is 0 Å². The normalized spacial score (nSPS) is 13.1. The first-order valence-corrected chi connectivity index (χ1v) is 21.4. The average molecular weight is 744 g/mol. The molecule has 0 amide bonds. The molecule has 0 N–H and O–H groups in total. The lowest BCUT2D eigenvalue weighted by atomic mass is 10.1. The van der Waals surface area contributed by atoms with Crippen molar-refractivity contribution in [2.45, 2.75) is 0 Å². The van der Waals surface area contributed by atoms with Gasteiger partial charge in [0.15, 0.2) is 19.7 Å². The molecule has 6 heteroatoms. The molecular weight excluding hydrogens is 711 g/mol. The predicted octanol–water partition coefficient (Wildman–Crippen LogP) is 9.09. The molecule has 5 nitrogen and oxygen atoms in total. The molecule has 0 saturated carbocycles. The third kappa shape index (κ3) is 4.53. The highest BCUT2D eigenvalue weighted by molar-refractivity contribution is 7.21. The van der Waals surface area contributed by atoms with Gasteiger partial charge in [0.05, 0.1) is 22.1 Å². The lowest BCUT2D eigenvalue weighted by molar-refractivity contribution is 0.954. The van der Waals surface area contributed by atoms with E-state index in [0.29, 0.717) is 17.6 Å². The summed E-state index contributed by atoms with van der Waals surface area (Å²) in [5, 5.41) is 10.1. The van der Waals surface area contributed by atoms with Gasteiger partial charge in [-0.3, -0.25) is 4.57 Å².